The predicted octanol–water partition coefficient (Wildman–Crippen LogP) is 8.14. The van der Waals surface area contributed by atoms with Crippen LogP contribution in [0.5, 0.6) is 0 Å². The minimum Gasteiger partial charge on any atom is -0.247 e. The monoisotopic (exact) mass is 445 g/mol. The molecular weight excluding hydrogens is 400 g/mol. The van der Waals surface area contributed by atoms with E-state index in [0.29, 0.717) is 5.92 Å². The summed E-state index contributed by atoms with van der Waals surface area (Å²) in [4.78, 5) is 3.61. The summed E-state index contributed by atoms with van der Waals surface area (Å²) in [6.45, 7) is 8.23. The maximum atomic E-state index is 3.61. The smallest absolute Gasteiger partial charge is 0.247 e. The van der Waals surface area contributed by atoms with Crippen molar-refractivity contribution in [1.29, 1.82) is 0 Å². The number of nitrogens with zero attached hydrogens (tertiary/aromatic N) is 1. The SMILES string of the molecule is CCCCCCCCCCC[n+]1cc[nH]c1C(C)C(C)(Cc1ccccc1)c1ccccc1. The number of hydrogen-bond donors (Lipinski definition) is 1. The molecule has 0 saturated heterocycles. The number of hydrogen-bond acceptors (Lipinski definition) is 0. The molecule has 0 fully saturated rings. The van der Waals surface area contributed by atoms with Crippen molar-refractivity contribution in [3.63, 3.8) is 0 Å². The molecule has 0 bridgehead atoms. The molecule has 3 rings (SSSR count). The average Bonchev–Trinajstić information content (AvgIpc) is 3.32. The first kappa shape index (κ1) is 25.3. The second-order valence-corrected chi connectivity index (χ2v) is 10.0. The van der Waals surface area contributed by atoms with E-state index in [-0.39, 0.29) is 5.41 Å². The third-order valence-electron chi connectivity index (χ3n) is 7.51. The summed E-state index contributed by atoms with van der Waals surface area (Å²) >= 11 is 0. The predicted molar refractivity (Wildman–Crippen MR) is 141 cm³/mol. The fourth-order valence-electron chi connectivity index (χ4n) is 5.18. The zero-order valence-corrected chi connectivity index (χ0v) is 21.2. The number of aryl methyl sites for hydroxylation is 1. The molecule has 2 unspecified atom stereocenters. The number of rotatable bonds is 15. The van der Waals surface area contributed by atoms with Crippen LogP contribution in [0.15, 0.2) is 73.1 Å². The zero-order valence-electron chi connectivity index (χ0n) is 21.2. The van der Waals surface area contributed by atoms with Crippen LogP contribution in [0.25, 0.3) is 0 Å². The number of benzene rings is 2. The lowest BCUT2D eigenvalue weighted by atomic mass is 9.68. The Hall–Kier alpha value is -2.35. The summed E-state index contributed by atoms with van der Waals surface area (Å²) in [7, 11) is 0. The molecule has 178 valence electrons. The van der Waals surface area contributed by atoms with Crippen LogP contribution >= 0.6 is 0 Å². The molecule has 2 aromatic carbocycles. The van der Waals surface area contributed by atoms with Gasteiger partial charge in [-0.15, -0.1) is 0 Å². The van der Waals surface area contributed by atoms with Crippen LogP contribution in [0, 0.1) is 0 Å². The number of unbranched alkanes of at least 4 members (excludes halogenated alkanes) is 8. The van der Waals surface area contributed by atoms with Crippen LogP contribution in [0.3, 0.4) is 0 Å². The first-order chi connectivity index (χ1) is 16.1. The van der Waals surface area contributed by atoms with Crippen LogP contribution in [-0.2, 0) is 18.4 Å². The van der Waals surface area contributed by atoms with Crippen LogP contribution in [0.1, 0.15) is 101 Å². The van der Waals surface area contributed by atoms with E-state index in [4.69, 9.17) is 0 Å². The summed E-state index contributed by atoms with van der Waals surface area (Å²) in [6.07, 6.45) is 17.7. The Morgan fingerprint density at radius 1 is 0.788 bits per heavy atom. The Bertz CT molecular complexity index is 899. The van der Waals surface area contributed by atoms with Gasteiger partial charge >= 0.3 is 0 Å². The lowest BCUT2D eigenvalue weighted by molar-refractivity contribution is -0.705. The topological polar surface area (TPSA) is 19.7 Å². The maximum absolute atomic E-state index is 3.61. The third-order valence-corrected chi connectivity index (χ3v) is 7.51. The fraction of sp³-hybridized carbons (Fsp3) is 0.516. The second kappa shape index (κ2) is 13.4. The van der Waals surface area contributed by atoms with Gasteiger partial charge in [0.1, 0.15) is 12.4 Å². The van der Waals surface area contributed by atoms with Crippen molar-refractivity contribution < 1.29 is 4.57 Å². The molecule has 0 spiro atoms. The van der Waals surface area contributed by atoms with E-state index in [1.165, 1.54) is 74.7 Å². The first-order valence-corrected chi connectivity index (χ1v) is 13.3. The molecule has 1 N–H and O–H groups in total. The number of nitrogens with one attached hydrogen (secondary N) is 1. The van der Waals surface area contributed by atoms with Gasteiger partial charge in [0, 0.05) is 5.41 Å². The van der Waals surface area contributed by atoms with E-state index in [1.54, 1.807) is 0 Å². The Labute approximate surface area is 202 Å². The van der Waals surface area contributed by atoms with Gasteiger partial charge in [0.15, 0.2) is 0 Å². The third kappa shape index (κ3) is 7.32. The lowest BCUT2D eigenvalue weighted by Gasteiger charge is -2.34. The Morgan fingerprint density at radius 2 is 1.36 bits per heavy atom. The molecule has 0 aliphatic rings. The van der Waals surface area contributed by atoms with Crippen molar-refractivity contribution in [1.82, 2.24) is 4.98 Å². The van der Waals surface area contributed by atoms with Crippen LogP contribution < -0.4 is 4.57 Å². The van der Waals surface area contributed by atoms with Gasteiger partial charge in [0.05, 0.1) is 12.5 Å². The van der Waals surface area contributed by atoms with Gasteiger partial charge in [-0.1, -0.05) is 126 Å². The summed E-state index contributed by atoms with van der Waals surface area (Å²) in [5.74, 6) is 1.71. The highest BCUT2D eigenvalue weighted by Gasteiger charge is 2.39. The maximum Gasteiger partial charge on any atom is 0.257 e. The first-order valence-electron chi connectivity index (χ1n) is 13.3. The largest absolute Gasteiger partial charge is 0.257 e. The van der Waals surface area contributed by atoms with Gasteiger partial charge in [-0.3, -0.25) is 0 Å². The highest BCUT2D eigenvalue weighted by atomic mass is 15.1. The van der Waals surface area contributed by atoms with E-state index >= 15 is 0 Å². The van der Waals surface area contributed by atoms with Crippen molar-refractivity contribution in [3.05, 3.63) is 90.0 Å². The minimum absolute atomic E-state index is 0.00764. The molecule has 0 amide bonds. The van der Waals surface area contributed by atoms with Gasteiger partial charge in [0.2, 0.25) is 0 Å². The Morgan fingerprint density at radius 3 is 2.00 bits per heavy atom. The highest BCUT2D eigenvalue weighted by Crippen LogP contribution is 2.40. The number of H-pyrrole nitrogens is 1. The summed E-state index contributed by atoms with van der Waals surface area (Å²) in [6, 6.07) is 22.0. The molecule has 1 heterocycles. The van der Waals surface area contributed by atoms with Gasteiger partial charge in [-0.05, 0) is 30.4 Å². The van der Waals surface area contributed by atoms with Crippen molar-refractivity contribution >= 4 is 0 Å². The van der Waals surface area contributed by atoms with Crippen LogP contribution in [0.4, 0.5) is 0 Å². The van der Waals surface area contributed by atoms with Crippen molar-refractivity contribution in [2.75, 3.05) is 0 Å². The zero-order chi connectivity index (χ0) is 23.4. The molecular formula is C31H45N2+. The van der Waals surface area contributed by atoms with Gasteiger partial charge in [-0.25, -0.2) is 9.55 Å². The molecule has 0 aliphatic heterocycles. The van der Waals surface area contributed by atoms with Gasteiger partial charge in [-0.2, -0.15) is 0 Å². The number of aromatic nitrogens is 2. The molecule has 2 nitrogen and oxygen atoms in total. The summed E-state index contributed by atoms with van der Waals surface area (Å²) in [5, 5.41) is 0. The van der Waals surface area contributed by atoms with E-state index in [9.17, 15) is 0 Å². The summed E-state index contributed by atoms with van der Waals surface area (Å²) in [5.41, 5.74) is 2.81. The molecule has 3 aromatic rings. The van der Waals surface area contributed by atoms with Crippen molar-refractivity contribution in [2.45, 2.75) is 103 Å². The molecule has 0 aliphatic carbocycles. The molecule has 0 radical (unpaired) electrons. The van der Waals surface area contributed by atoms with Gasteiger partial charge < -0.3 is 0 Å². The Balaban J connectivity index is 1.63. The van der Waals surface area contributed by atoms with E-state index in [2.05, 4.69) is 103 Å². The summed E-state index contributed by atoms with van der Waals surface area (Å²) < 4.78 is 2.47. The quantitative estimate of drug-likeness (QED) is 0.180. The highest BCUT2D eigenvalue weighted by molar-refractivity contribution is 5.32. The molecule has 2 heteroatoms. The molecule has 0 saturated carbocycles. The molecule has 2 atom stereocenters. The molecule has 1 aromatic heterocycles. The van der Waals surface area contributed by atoms with E-state index in [0.717, 1.165) is 13.0 Å². The number of imidazole rings is 1. The Kier molecular flexibility index (Phi) is 10.2. The second-order valence-electron chi connectivity index (χ2n) is 10.0. The minimum atomic E-state index is 0.00764. The van der Waals surface area contributed by atoms with Crippen LogP contribution in [-0.4, -0.2) is 4.98 Å². The fourth-order valence-corrected chi connectivity index (χ4v) is 5.18. The lowest BCUT2D eigenvalue weighted by Crippen LogP contribution is -2.42. The van der Waals surface area contributed by atoms with E-state index in [1.807, 2.05) is 0 Å². The van der Waals surface area contributed by atoms with Crippen molar-refractivity contribution in [3.8, 4) is 0 Å². The van der Waals surface area contributed by atoms with Gasteiger partial charge in [0.25, 0.3) is 5.82 Å². The number of aromatic amines is 1. The van der Waals surface area contributed by atoms with Crippen LogP contribution in [0.2, 0.25) is 0 Å². The normalized spacial score (nSPS) is 14.2. The molecule has 33 heavy (non-hydrogen) atoms. The standard InChI is InChI=1S/C31H44N2/c1-4-5-6-7-8-9-10-11-18-24-33-25-23-32-30(33)27(2)31(3,29-21-16-13-17-22-29)26-28-19-14-12-15-20-28/h12-17,19-23,25,27H,4-11,18,24,26H2,1-3H3/p+1. The van der Waals surface area contributed by atoms with Crippen molar-refractivity contribution in [2.24, 2.45) is 0 Å². The average molecular weight is 446 g/mol. The van der Waals surface area contributed by atoms with E-state index < -0.39 is 0 Å².